The van der Waals surface area contributed by atoms with Crippen molar-refractivity contribution < 1.29 is 4.79 Å². The van der Waals surface area contributed by atoms with Crippen LogP contribution in [0.4, 0.5) is 0 Å². The van der Waals surface area contributed by atoms with Gasteiger partial charge in [0.2, 0.25) is 5.96 Å². The van der Waals surface area contributed by atoms with Gasteiger partial charge in [0.15, 0.2) is 0 Å². The topological polar surface area (TPSA) is 82.0 Å². The lowest BCUT2D eigenvalue weighted by atomic mass is 10.2. The van der Waals surface area contributed by atoms with Gasteiger partial charge in [-0.15, -0.1) is 11.3 Å². The summed E-state index contributed by atoms with van der Waals surface area (Å²) in [6.45, 7) is 4.43. The van der Waals surface area contributed by atoms with Crippen LogP contribution in [0.2, 0.25) is 0 Å². The first-order valence-electron chi connectivity index (χ1n) is 10.3. The molecule has 1 fully saturated rings. The number of aromatic nitrogens is 1. The van der Waals surface area contributed by atoms with E-state index in [-0.39, 0.29) is 5.91 Å². The molecule has 2 aromatic rings. The standard InChI is InChI=1S/C22H26N6OS/c29-21(28-13-11-23-12-14-28)20-15-17-16-27-22(25-9-4-2-6-19(17)30-20)26-10-7-18-5-1-3-8-24-18/h1-3,5-6,8-9,15,23H,4,7,10-14,16H2,(H,26,27)/b6-2-,25-9-. The number of allylic oxidation sites excluding steroid dienone is 1. The molecule has 4 rings (SSSR count). The molecule has 4 heterocycles. The molecule has 0 radical (unpaired) electrons. The van der Waals surface area contributed by atoms with Crippen molar-refractivity contribution >= 4 is 35.5 Å². The van der Waals surface area contributed by atoms with Crippen molar-refractivity contribution in [2.24, 2.45) is 9.98 Å². The van der Waals surface area contributed by atoms with E-state index < -0.39 is 0 Å². The number of aliphatic imine (C=N–C) groups is 2. The molecule has 7 nitrogen and oxygen atoms in total. The molecular formula is C22H26N6OS. The maximum Gasteiger partial charge on any atom is 0.264 e. The maximum absolute atomic E-state index is 12.9. The van der Waals surface area contributed by atoms with E-state index >= 15 is 0 Å². The fraction of sp³-hybridized carbons (Fsp3) is 0.364. The maximum atomic E-state index is 12.9. The summed E-state index contributed by atoms with van der Waals surface area (Å²) in [7, 11) is 0. The summed E-state index contributed by atoms with van der Waals surface area (Å²) in [5.74, 6) is 0.736. The Bertz CT molecular complexity index is 944. The number of nitrogens with zero attached hydrogens (tertiary/aromatic N) is 4. The van der Waals surface area contributed by atoms with E-state index in [0.29, 0.717) is 19.0 Å². The quantitative estimate of drug-likeness (QED) is 0.793. The normalized spacial score (nSPS) is 20.5. The lowest BCUT2D eigenvalue weighted by molar-refractivity contribution is 0.0740. The van der Waals surface area contributed by atoms with Crippen LogP contribution in [0.5, 0.6) is 0 Å². The number of carbonyl (C=O) groups is 1. The Kier molecular flexibility index (Phi) is 6.99. The fourth-order valence-electron chi connectivity index (χ4n) is 3.36. The van der Waals surface area contributed by atoms with Crippen LogP contribution in [0.3, 0.4) is 0 Å². The highest BCUT2D eigenvalue weighted by atomic mass is 32.1. The van der Waals surface area contributed by atoms with Crippen molar-refractivity contribution in [3.63, 3.8) is 0 Å². The van der Waals surface area contributed by atoms with Gasteiger partial charge in [-0.25, -0.2) is 9.98 Å². The Morgan fingerprint density at radius 3 is 3.00 bits per heavy atom. The summed E-state index contributed by atoms with van der Waals surface area (Å²) in [5.41, 5.74) is 2.10. The third-order valence-corrected chi connectivity index (χ3v) is 6.10. The number of thiophene rings is 1. The predicted octanol–water partition coefficient (Wildman–Crippen LogP) is 2.36. The molecule has 0 aliphatic carbocycles. The second kappa shape index (κ2) is 10.3. The number of amides is 1. The molecule has 2 N–H and O–H groups in total. The number of hydrogen-bond acceptors (Lipinski definition) is 7. The number of hydrogen-bond donors (Lipinski definition) is 2. The van der Waals surface area contributed by atoms with Gasteiger partial charge in [0.25, 0.3) is 5.91 Å². The van der Waals surface area contributed by atoms with E-state index in [0.717, 1.165) is 60.0 Å². The van der Waals surface area contributed by atoms with Crippen molar-refractivity contribution in [3.8, 4) is 0 Å². The Morgan fingerprint density at radius 1 is 1.27 bits per heavy atom. The molecule has 0 bridgehead atoms. The smallest absolute Gasteiger partial charge is 0.264 e. The van der Waals surface area contributed by atoms with Gasteiger partial charge in [-0.2, -0.15) is 0 Å². The number of nitrogens with one attached hydrogen (secondary N) is 2. The van der Waals surface area contributed by atoms with Gasteiger partial charge in [0.1, 0.15) is 0 Å². The van der Waals surface area contributed by atoms with Crippen LogP contribution in [-0.4, -0.2) is 60.7 Å². The van der Waals surface area contributed by atoms with Crippen molar-refractivity contribution in [1.82, 2.24) is 20.5 Å². The average Bonchev–Trinajstić information content (AvgIpc) is 3.21. The number of carbonyl (C=O) groups excluding carboxylic acids is 1. The number of fused-ring (bicyclic) bond motifs is 1. The van der Waals surface area contributed by atoms with Crippen molar-refractivity contribution in [2.45, 2.75) is 19.4 Å². The van der Waals surface area contributed by atoms with Crippen molar-refractivity contribution in [2.75, 3.05) is 32.7 Å². The number of piperazine rings is 1. The summed E-state index contributed by atoms with van der Waals surface area (Å²) >= 11 is 1.55. The first-order valence-corrected chi connectivity index (χ1v) is 11.1. The summed E-state index contributed by atoms with van der Waals surface area (Å²) < 4.78 is 0. The SMILES string of the molecule is O=C(c1cc2c(s1)/C=C\C/C=N\C(NCCc1ccccn1)=N/C2)N1CCNCC1. The summed E-state index contributed by atoms with van der Waals surface area (Å²) in [6, 6.07) is 7.92. The summed E-state index contributed by atoms with van der Waals surface area (Å²) in [5, 5.41) is 6.60. The molecule has 1 saturated heterocycles. The third kappa shape index (κ3) is 5.40. The van der Waals surface area contributed by atoms with E-state index in [4.69, 9.17) is 0 Å². The highest BCUT2D eigenvalue weighted by Crippen LogP contribution is 2.26. The number of pyridine rings is 1. The molecule has 0 atom stereocenters. The minimum atomic E-state index is 0.117. The van der Waals surface area contributed by atoms with E-state index in [1.165, 1.54) is 0 Å². The van der Waals surface area contributed by atoms with Crippen LogP contribution < -0.4 is 10.6 Å². The van der Waals surface area contributed by atoms with Crippen LogP contribution in [-0.2, 0) is 13.0 Å². The Labute approximate surface area is 180 Å². The molecule has 2 aliphatic rings. The van der Waals surface area contributed by atoms with Gasteiger partial charge in [-0.3, -0.25) is 9.78 Å². The van der Waals surface area contributed by atoms with E-state index in [9.17, 15) is 4.79 Å². The Balaban J connectivity index is 1.44. The molecule has 8 heteroatoms. The van der Waals surface area contributed by atoms with Gasteiger partial charge < -0.3 is 15.5 Å². The molecule has 0 saturated carbocycles. The van der Waals surface area contributed by atoms with Gasteiger partial charge >= 0.3 is 0 Å². The zero-order chi connectivity index (χ0) is 20.6. The largest absolute Gasteiger partial charge is 0.354 e. The summed E-state index contributed by atoms with van der Waals surface area (Å²) in [4.78, 5) is 30.2. The molecular weight excluding hydrogens is 396 g/mol. The molecule has 1 amide bonds. The molecule has 0 unspecified atom stereocenters. The second-order valence-corrected chi connectivity index (χ2v) is 8.21. The lowest BCUT2D eigenvalue weighted by Gasteiger charge is -2.26. The zero-order valence-corrected chi connectivity index (χ0v) is 17.7. The highest BCUT2D eigenvalue weighted by Gasteiger charge is 2.21. The molecule has 2 aliphatic heterocycles. The molecule has 2 aromatic heterocycles. The Hall–Kier alpha value is -2.84. The van der Waals surface area contributed by atoms with E-state index in [2.05, 4.69) is 37.8 Å². The van der Waals surface area contributed by atoms with Crippen molar-refractivity contribution in [3.05, 3.63) is 57.6 Å². The Morgan fingerprint density at radius 2 is 2.17 bits per heavy atom. The van der Waals surface area contributed by atoms with Crippen LogP contribution in [0, 0.1) is 0 Å². The number of rotatable bonds is 4. The monoisotopic (exact) mass is 422 g/mol. The minimum Gasteiger partial charge on any atom is -0.354 e. The van der Waals surface area contributed by atoms with Crippen LogP contribution in [0.1, 0.15) is 32.2 Å². The van der Waals surface area contributed by atoms with E-state index in [1.807, 2.05) is 35.4 Å². The van der Waals surface area contributed by atoms with Gasteiger partial charge in [-0.05, 0) is 29.8 Å². The predicted molar refractivity (Wildman–Crippen MR) is 122 cm³/mol. The number of guanidine groups is 1. The van der Waals surface area contributed by atoms with Gasteiger partial charge in [-0.1, -0.05) is 12.1 Å². The minimum absolute atomic E-state index is 0.117. The zero-order valence-electron chi connectivity index (χ0n) is 16.9. The highest BCUT2D eigenvalue weighted by molar-refractivity contribution is 7.15. The second-order valence-electron chi connectivity index (χ2n) is 7.13. The fourth-order valence-corrected chi connectivity index (χ4v) is 4.44. The van der Waals surface area contributed by atoms with Gasteiger partial charge in [0, 0.05) is 68.5 Å². The third-order valence-electron chi connectivity index (χ3n) is 4.97. The van der Waals surface area contributed by atoms with Gasteiger partial charge in [0.05, 0.1) is 11.4 Å². The first-order chi connectivity index (χ1) is 14.8. The van der Waals surface area contributed by atoms with Crippen LogP contribution >= 0.6 is 11.3 Å². The van der Waals surface area contributed by atoms with E-state index in [1.54, 1.807) is 17.5 Å². The first kappa shape index (κ1) is 20.4. The molecule has 0 aromatic carbocycles. The summed E-state index contributed by atoms with van der Waals surface area (Å²) in [6.07, 6.45) is 9.35. The average molecular weight is 423 g/mol. The molecule has 156 valence electrons. The lowest BCUT2D eigenvalue weighted by Crippen LogP contribution is -2.46. The van der Waals surface area contributed by atoms with Crippen LogP contribution in [0.25, 0.3) is 6.08 Å². The molecule has 0 spiro atoms. The van der Waals surface area contributed by atoms with Crippen LogP contribution in [0.15, 0.2) is 46.5 Å². The van der Waals surface area contributed by atoms with Crippen molar-refractivity contribution in [1.29, 1.82) is 0 Å². The molecule has 30 heavy (non-hydrogen) atoms.